The molecule has 1 aliphatic heterocycles. The quantitative estimate of drug-likeness (QED) is 0.696. The first-order chi connectivity index (χ1) is 7.24. The first-order valence-electron chi connectivity index (χ1n) is 4.23. The van der Waals surface area contributed by atoms with Crippen LogP contribution in [0.5, 0.6) is 0 Å². The van der Waals surface area contributed by atoms with E-state index in [9.17, 15) is 4.79 Å². The van der Waals surface area contributed by atoms with Crippen molar-refractivity contribution in [2.45, 2.75) is 0 Å². The van der Waals surface area contributed by atoms with Gasteiger partial charge in [-0.05, 0) is 12.1 Å². The maximum Gasteiger partial charge on any atom is 0.243 e. The van der Waals surface area contributed by atoms with E-state index in [4.69, 9.17) is 17.5 Å². The van der Waals surface area contributed by atoms with E-state index in [1.54, 1.807) is 24.3 Å². The van der Waals surface area contributed by atoms with Crippen LogP contribution in [0.15, 0.2) is 24.3 Å². The second kappa shape index (κ2) is 4.01. The molecule has 1 heterocycles. The smallest absolute Gasteiger partial charge is 0.243 e. The fraction of sp³-hybridized carbons (Fsp3) is 0.100. The third-order valence-corrected chi connectivity index (χ3v) is 3.37. The van der Waals surface area contributed by atoms with Crippen LogP contribution in [0, 0.1) is 11.3 Å². The molecule has 74 valence electrons. The molecule has 1 aromatic rings. The Morgan fingerprint density at radius 3 is 2.80 bits per heavy atom. The number of anilines is 1. The lowest BCUT2D eigenvalue weighted by Gasteiger charge is -2.15. The van der Waals surface area contributed by atoms with Crippen LogP contribution in [0.25, 0.3) is 0 Å². The molecule has 15 heavy (non-hydrogen) atoms. The van der Waals surface area contributed by atoms with Crippen molar-refractivity contribution in [1.82, 2.24) is 0 Å². The molecule has 0 N–H and O–H groups in total. The zero-order valence-corrected chi connectivity index (χ0v) is 9.27. The van der Waals surface area contributed by atoms with E-state index in [0.29, 0.717) is 21.3 Å². The van der Waals surface area contributed by atoms with Gasteiger partial charge in [0.1, 0.15) is 10.4 Å². The Balaban J connectivity index is 2.50. The molecular weight excluding hydrogens is 228 g/mol. The number of amides is 1. The second-order valence-corrected chi connectivity index (χ2v) is 4.52. The lowest BCUT2D eigenvalue weighted by molar-refractivity contribution is -0.115. The van der Waals surface area contributed by atoms with Gasteiger partial charge in [0.25, 0.3) is 0 Å². The molecule has 1 fully saturated rings. The number of nitriles is 1. The number of hydrogen-bond acceptors (Lipinski definition) is 4. The van der Waals surface area contributed by atoms with Crippen molar-refractivity contribution >= 4 is 39.9 Å². The number of carbonyl (C=O) groups excluding carboxylic acids is 1. The van der Waals surface area contributed by atoms with Crippen LogP contribution < -0.4 is 4.90 Å². The topological polar surface area (TPSA) is 44.1 Å². The standard InChI is InChI=1S/C10H6N2OS2/c11-5-7-3-1-2-4-8(7)12-9(13)6-15-10(12)14/h1-4H,6H2. The van der Waals surface area contributed by atoms with E-state index in [0.717, 1.165) is 0 Å². The molecule has 0 saturated carbocycles. The summed E-state index contributed by atoms with van der Waals surface area (Å²) in [5.41, 5.74) is 1.05. The van der Waals surface area contributed by atoms with Gasteiger partial charge in [0.15, 0.2) is 0 Å². The van der Waals surface area contributed by atoms with Crippen molar-refractivity contribution in [3.63, 3.8) is 0 Å². The van der Waals surface area contributed by atoms with Crippen molar-refractivity contribution in [2.24, 2.45) is 0 Å². The van der Waals surface area contributed by atoms with E-state index in [-0.39, 0.29) is 5.91 Å². The summed E-state index contributed by atoms with van der Waals surface area (Å²) in [7, 11) is 0. The SMILES string of the molecule is N#Cc1ccccc1N1C(=O)CSC1=S. The predicted molar refractivity (Wildman–Crippen MR) is 63.7 cm³/mol. The molecule has 0 radical (unpaired) electrons. The number of benzene rings is 1. The number of carbonyl (C=O) groups is 1. The Kier molecular flexibility index (Phi) is 2.71. The highest BCUT2D eigenvalue weighted by molar-refractivity contribution is 8.24. The van der Waals surface area contributed by atoms with Crippen LogP contribution in [0.2, 0.25) is 0 Å². The van der Waals surface area contributed by atoms with Gasteiger partial charge in [0.2, 0.25) is 5.91 Å². The highest BCUT2D eigenvalue weighted by Crippen LogP contribution is 2.28. The molecule has 1 aromatic carbocycles. The number of thioether (sulfide) groups is 1. The largest absolute Gasteiger partial charge is 0.273 e. The van der Waals surface area contributed by atoms with Crippen molar-refractivity contribution < 1.29 is 4.79 Å². The molecule has 0 atom stereocenters. The van der Waals surface area contributed by atoms with Crippen LogP contribution in [-0.2, 0) is 4.79 Å². The van der Waals surface area contributed by atoms with Gasteiger partial charge in [-0.15, -0.1) is 0 Å². The number of nitrogens with zero attached hydrogens (tertiary/aromatic N) is 2. The summed E-state index contributed by atoms with van der Waals surface area (Å²) in [6.45, 7) is 0. The summed E-state index contributed by atoms with van der Waals surface area (Å²) in [6, 6.07) is 9.01. The number of hydrogen-bond donors (Lipinski definition) is 0. The first kappa shape index (κ1) is 10.1. The van der Waals surface area contributed by atoms with Crippen LogP contribution in [0.4, 0.5) is 5.69 Å². The van der Waals surface area contributed by atoms with Crippen LogP contribution in [0.1, 0.15) is 5.56 Å². The van der Waals surface area contributed by atoms with Crippen LogP contribution in [-0.4, -0.2) is 16.0 Å². The molecule has 1 aliphatic rings. The van der Waals surface area contributed by atoms with E-state index in [1.807, 2.05) is 0 Å². The molecule has 3 nitrogen and oxygen atoms in total. The first-order valence-corrected chi connectivity index (χ1v) is 5.62. The maximum atomic E-state index is 11.6. The molecule has 0 spiro atoms. The fourth-order valence-corrected chi connectivity index (χ4v) is 2.43. The third kappa shape index (κ3) is 1.74. The van der Waals surface area contributed by atoms with E-state index >= 15 is 0 Å². The minimum Gasteiger partial charge on any atom is -0.273 e. The van der Waals surface area contributed by atoms with Crippen molar-refractivity contribution in [3.05, 3.63) is 29.8 Å². The number of thiocarbonyl (C=S) groups is 1. The predicted octanol–water partition coefficient (Wildman–Crippen LogP) is 1.92. The van der Waals surface area contributed by atoms with E-state index in [2.05, 4.69) is 6.07 Å². The average Bonchev–Trinajstić information content (AvgIpc) is 2.59. The molecule has 0 bridgehead atoms. The second-order valence-electron chi connectivity index (χ2n) is 2.91. The van der Waals surface area contributed by atoms with E-state index in [1.165, 1.54) is 16.7 Å². The number of para-hydroxylation sites is 1. The highest BCUT2D eigenvalue weighted by atomic mass is 32.2. The summed E-state index contributed by atoms with van der Waals surface area (Å²) >= 11 is 6.39. The molecule has 0 aromatic heterocycles. The molecular formula is C10H6N2OS2. The van der Waals surface area contributed by atoms with Crippen LogP contribution >= 0.6 is 24.0 Å². The Labute approximate surface area is 96.7 Å². The van der Waals surface area contributed by atoms with Gasteiger partial charge in [-0.3, -0.25) is 9.69 Å². The minimum atomic E-state index is -0.0623. The lowest BCUT2D eigenvalue weighted by atomic mass is 10.2. The number of rotatable bonds is 1. The summed E-state index contributed by atoms with van der Waals surface area (Å²) in [6.07, 6.45) is 0. The van der Waals surface area contributed by atoms with Crippen molar-refractivity contribution in [3.8, 4) is 6.07 Å². The van der Waals surface area contributed by atoms with Crippen molar-refractivity contribution in [2.75, 3.05) is 10.7 Å². The molecule has 5 heteroatoms. The Morgan fingerprint density at radius 2 is 2.20 bits per heavy atom. The molecule has 1 saturated heterocycles. The Morgan fingerprint density at radius 1 is 1.47 bits per heavy atom. The van der Waals surface area contributed by atoms with E-state index < -0.39 is 0 Å². The minimum absolute atomic E-state index is 0.0623. The Hall–Kier alpha value is -1.38. The fourth-order valence-electron chi connectivity index (χ4n) is 1.35. The summed E-state index contributed by atoms with van der Waals surface area (Å²) in [5, 5.41) is 8.91. The molecule has 2 rings (SSSR count). The van der Waals surface area contributed by atoms with Gasteiger partial charge in [-0.25, -0.2) is 0 Å². The van der Waals surface area contributed by atoms with Gasteiger partial charge < -0.3 is 0 Å². The summed E-state index contributed by atoms with van der Waals surface area (Å²) in [4.78, 5) is 13.0. The third-order valence-electron chi connectivity index (χ3n) is 2.02. The molecule has 0 aliphatic carbocycles. The van der Waals surface area contributed by atoms with Gasteiger partial charge in [0.05, 0.1) is 17.0 Å². The Bertz CT molecular complexity index is 463. The maximum absolute atomic E-state index is 11.6. The summed E-state index contributed by atoms with van der Waals surface area (Å²) in [5.74, 6) is 0.297. The van der Waals surface area contributed by atoms with Crippen molar-refractivity contribution in [1.29, 1.82) is 5.26 Å². The highest BCUT2D eigenvalue weighted by Gasteiger charge is 2.29. The molecule has 0 unspecified atom stereocenters. The van der Waals surface area contributed by atoms with Gasteiger partial charge >= 0.3 is 0 Å². The van der Waals surface area contributed by atoms with Gasteiger partial charge in [-0.1, -0.05) is 36.1 Å². The van der Waals surface area contributed by atoms with Crippen LogP contribution in [0.3, 0.4) is 0 Å². The molecule has 1 amide bonds. The zero-order valence-electron chi connectivity index (χ0n) is 7.64. The summed E-state index contributed by atoms with van der Waals surface area (Å²) < 4.78 is 0.516. The van der Waals surface area contributed by atoms with Gasteiger partial charge in [-0.2, -0.15) is 5.26 Å². The lowest BCUT2D eigenvalue weighted by Crippen LogP contribution is -2.28. The average molecular weight is 234 g/mol. The van der Waals surface area contributed by atoms with Gasteiger partial charge in [0, 0.05) is 0 Å². The zero-order chi connectivity index (χ0) is 10.8. The monoisotopic (exact) mass is 234 g/mol. The normalized spacial score (nSPS) is 15.5.